The fourth-order valence-corrected chi connectivity index (χ4v) is 2.68. The van der Waals surface area contributed by atoms with Crippen LogP contribution >= 0.6 is 0 Å². The second-order valence-corrected chi connectivity index (χ2v) is 5.14. The van der Waals surface area contributed by atoms with Gasteiger partial charge in [0.15, 0.2) is 5.82 Å². The van der Waals surface area contributed by atoms with Crippen molar-refractivity contribution in [1.82, 2.24) is 20.2 Å². The molecule has 106 valence electrons. The lowest BCUT2D eigenvalue weighted by atomic mass is 9.94. The standard InChI is InChI=1S/C14H19N5O/c1-9-6-12(18-13(16-9)8-20-2)17-11-5-3-4-10-7-15-19-14(10)11/h6-7,11H,3-5,8H2,1-2H3,(H,15,19)(H,16,17,18)/t11-/m0/s1. The third-order valence-corrected chi connectivity index (χ3v) is 3.53. The maximum absolute atomic E-state index is 5.10. The lowest BCUT2D eigenvalue weighted by Crippen LogP contribution is -2.18. The fourth-order valence-electron chi connectivity index (χ4n) is 2.68. The van der Waals surface area contributed by atoms with Gasteiger partial charge in [-0.1, -0.05) is 0 Å². The highest BCUT2D eigenvalue weighted by Gasteiger charge is 2.22. The van der Waals surface area contributed by atoms with E-state index in [2.05, 4.69) is 25.5 Å². The van der Waals surface area contributed by atoms with E-state index in [1.165, 1.54) is 17.7 Å². The number of anilines is 1. The number of aryl methyl sites for hydroxylation is 2. The van der Waals surface area contributed by atoms with E-state index in [0.29, 0.717) is 12.4 Å². The van der Waals surface area contributed by atoms with Gasteiger partial charge in [0, 0.05) is 18.9 Å². The van der Waals surface area contributed by atoms with Crippen LogP contribution in [0.5, 0.6) is 0 Å². The molecule has 2 N–H and O–H groups in total. The predicted octanol–water partition coefficient (Wildman–Crippen LogP) is 2.14. The highest BCUT2D eigenvalue weighted by Crippen LogP contribution is 2.30. The molecule has 0 aliphatic heterocycles. The molecular weight excluding hydrogens is 254 g/mol. The monoisotopic (exact) mass is 273 g/mol. The Hall–Kier alpha value is -1.95. The highest BCUT2D eigenvalue weighted by atomic mass is 16.5. The Kier molecular flexibility index (Phi) is 3.64. The van der Waals surface area contributed by atoms with E-state index in [1.54, 1.807) is 7.11 Å². The zero-order chi connectivity index (χ0) is 13.9. The molecule has 1 atom stereocenters. The Labute approximate surface area is 118 Å². The first-order chi connectivity index (χ1) is 9.76. The summed E-state index contributed by atoms with van der Waals surface area (Å²) in [6, 6.07) is 2.20. The van der Waals surface area contributed by atoms with Crippen molar-refractivity contribution in [2.75, 3.05) is 12.4 Å². The third kappa shape index (κ3) is 2.65. The number of fused-ring (bicyclic) bond motifs is 1. The van der Waals surface area contributed by atoms with Crippen LogP contribution in [0.15, 0.2) is 12.3 Å². The molecule has 0 spiro atoms. The van der Waals surface area contributed by atoms with Gasteiger partial charge < -0.3 is 10.1 Å². The summed E-state index contributed by atoms with van der Waals surface area (Å²) in [5.41, 5.74) is 3.42. The molecule has 0 fully saturated rings. The highest BCUT2D eigenvalue weighted by molar-refractivity contribution is 5.40. The summed E-state index contributed by atoms with van der Waals surface area (Å²) < 4.78 is 5.10. The Morgan fingerprint density at radius 1 is 1.45 bits per heavy atom. The predicted molar refractivity (Wildman–Crippen MR) is 75.4 cm³/mol. The molecule has 0 bridgehead atoms. The van der Waals surface area contributed by atoms with Gasteiger partial charge in [0.1, 0.15) is 12.4 Å². The van der Waals surface area contributed by atoms with Crippen LogP contribution in [0.25, 0.3) is 0 Å². The van der Waals surface area contributed by atoms with Gasteiger partial charge in [-0.25, -0.2) is 9.97 Å². The number of rotatable bonds is 4. The van der Waals surface area contributed by atoms with Crippen LogP contribution in [0.2, 0.25) is 0 Å². The summed E-state index contributed by atoms with van der Waals surface area (Å²) >= 11 is 0. The van der Waals surface area contributed by atoms with E-state index in [9.17, 15) is 0 Å². The number of nitrogens with one attached hydrogen (secondary N) is 2. The van der Waals surface area contributed by atoms with Crippen LogP contribution in [0.3, 0.4) is 0 Å². The van der Waals surface area contributed by atoms with Gasteiger partial charge in [-0.15, -0.1) is 0 Å². The van der Waals surface area contributed by atoms with Crippen molar-refractivity contribution < 1.29 is 4.74 Å². The number of methoxy groups -OCH3 is 1. The minimum absolute atomic E-state index is 0.242. The number of H-pyrrole nitrogens is 1. The largest absolute Gasteiger partial charge is 0.377 e. The molecule has 1 aliphatic carbocycles. The van der Waals surface area contributed by atoms with Gasteiger partial charge in [-0.2, -0.15) is 5.10 Å². The zero-order valence-corrected chi connectivity index (χ0v) is 11.8. The lowest BCUT2D eigenvalue weighted by molar-refractivity contribution is 0.177. The molecular formula is C14H19N5O. The molecule has 3 rings (SSSR count). The molecule has 2 heterocycles. The van der Waals surface area contributed by atoms with Crippen molar-refractivity contribution in [2.45, 2.75) is 38.8 Å². The zero-order valence-electron chi connectivity index (χ0n) is 11.8. The Bertz CT molecular complexity index is 595. The minimum atomic E-state index is 0.242. The molecule has 0 aromatic carbocycles. The van der Waals surface area contributed by atoms with Crippen molar-refractivity contribution in [3.63, 3.8) is 0 Å². The van der Waals surface area contributed by atoms with Crippen molar-refractivity contribution in [1.29, 1.82) is 0 Å². The summed E-state index contributed by atoms with van der Waals surface area (Å²) in [5, 5.41) is 10.7. The Balaban J connectivity index is 1.82. The van der Waals surface area contributed by atoms with Gasteiger partial charge in [0.05, 0.1) is 17.9 Å². The maximum Gasteiger partial charge on any atom is 0.156 e. The average molecular weight is 273 g/mol. The average Bonchev–Trinajstić information content (AvgIpc) is 2.88. The van der Waals surface area contributed by atoms with E-state index < -0.39 is 0 Å². The summed E-state index contributed by atoms with van der Waals surface area (Å²) in [6.45, 7) is 2.39. The van der Waals surface area contributed by atoms with Crippen LogP contribution in [0.4, 0.5) is 5.82 Å². The van der Waals surface area contributed by atoms with E-state index in [0.717, 1.165) is 24.4 Å². The Morgan fingerprint density at radius 3 is 3.20 bits per heavy atom. The van der Waals surface area contributed by atoms with Crippen molar-refractivity contribution in [3.8, 4) is 0 Å². The van der Waals surface area contributed by atoms with E-state index in [-0.39, 0.29) is 6.04 Å². The molecule has 0 radical (unpaired) electrons. The Morgan fingerprint density at radius 2 is 2.35 bits per heavy atom. The van der Waals surface area contributed by atoms with Crippen LogP contribution < -0.4 is 5.32 Å². The maximum atomic E-state index is 5.10. The fraction of sp³-hybridized carbons (Fsp3) is 0.500. The van der Waals surface area contributed by atoms with E-state index in [4.69, 9.17) is 4.74 Å². The number of aromatic nitrogens is 4. The molecule has 20 heavy (non-hydrogen) atoms. The number of hydrogen-bond donors (Lipinski definition) is 2. The first-order valence-corrected chi connectivity index (χ1v) is 6.88. The SMILES string of the molecule is COCc1nc(C)cc(N[C@H]2CCCc3cn[nH]c32)n1. The van der Waals surface area contributed by atoms with Crippen molar-refractivity contribution in [3.05, 3.63) is 35.0 Å². The topological polar surface area (TPSA) is 75.7 Å². The molecule has 2 aromatic heterocycles. The molecule has 2 aromatic rings. The summed E-state index contributed by atoms with van der Waals surface area (Å²) in [4.78, 5) is 8.85. The van der Waals surface area contributed by atoms with Crippen LogP contribution in [-0.4, -0.2) is 27.3 Å². The molecule has 6 heteroatoms. The minimum Gasteiger partial charge on any atom is -0.377 e. The number of aromatic amines is 1. The summed E-state index contributed by atoms with van der Waals surface area (Å²) in [5.74, 6) is 1.55. The first-order valence-electron chi connectivity index (χ1n) is 6.88. The second kappa shape index (κ2) is 5.58. The summed E-state index contributed by atoms with van der Waals surface area (Å²) in [6.07, 6.45) is 5.27. The van der Waals surface area contributed by atoms with Crippen LogP contribution in [-0.2, 0) is 17.8 Å². The molecule has 1 aliphatic rings. The van der Waals surface area contributed by atoms with Gasteiger partial charge in [-0.3, -0.25) is 5.10 Å². The van der Waals surface area contributed by atoms with Gasteiger partial charge in [0.2, 0.25) is 0 Å². The van der Waals surface area contributed by atoms with Crippen molar-refractivity contribution >= 4 is 5.82 Å². The van der Waals surface area contributed by atoms with Crippen LogP contribution in [0.1, 0.15) is 41.7 Å². The quantitative estimate of drug-likeness (QED) is 0.892. The van der Waals surface area contributed by atoms with Gasteiger partial charge >= 0.3 is 0 Å². The van der Waals surface area contributed by atoms with E-state index in [1.807, 2.05) is 19.2 Å². The third-order valence-electron chi connectivity index (χ3n) is 3.53. The van der Waals surface area contributed by atoms with Crippen molar-refractivity contribution in [2.24, 2.45) is 0 Å². The molecule has 0 amide bonds. The molecule has 0 saturated heterocycles. The number of nitrogens with zero attached hydrogens (tertiary/aromatic N) is 3. The van der Waals surface area contributed by atoms with Crippen LogP contribution in [0, 0.1) is 6.92 Å². The van der Waals surface area contributed by atoms with Gasteiger partial charge in [0.25, 0.3) is 0 Å². The van der Waals surface area contributed by atoms with E-state index >= 15 is 0 Å². The second-order valence-electron chi connectivity index (χ2n) is 5.14. The molecule has 0 unspecified atom stereocenters. The number of hydrogen-bond acceptors (Lipinski definition) is 5. The molecule has 6 nitrogen and oxygen atoms in total. The normalized spacial score (nSPS) is 17.8. The number of ether oxygens (including phenoxy) is 1. The molecule has 0 saturated carbocycles. The first kappa shape index (κ1) is 13.1. The lowest BCUT2D eigenvalue weighted by Gasteiger charge is -2.23. The summed E-state index contributed by atoms with van der Waals surface area (Å²) in [7, 11) is 1.65. The van der Waals surface area contributed by atoms with Gasteiger partial charge in [-0.05, 0) is 31.7 Å². The smallest absolute Gasteiger partial charge is 0.156 e.